The minimum atomic E-state index is -0.405. The molecule has 2 aliphatic carbocycles. The first-order valence-corrected chi connectivity index (χ1v) is 14.6. The zero-order valence-electron chi connectivity index (χ0n) is 24.2. The summed E-state index contributed by atoms with van der Waals surface area (Å²) in [5.41, 5.74) is 4.94. The number of anilines is 1. The van der Waals surface area contributed by atoms with Crippen molar-refractivity contribution in [1.82, 2.24) is 20.4 Å². The zero-order chi connectivity index (χ0) is 27.8. The maximum absolute atomic E-state index is 13.4. The van der Waals surface area contributed by atoms with Gasteiger partial charge in [0.05, 0.1) is 12.6 Å². The van der Waals surface area contributed by atoms with E-state index in [2.05, 4.69) is 65.0 Å². The van der Waals surface area contributed by atoms with E-state index in [1.165, 1.54) is 11.1 Å². The minimum Gasteiger partial charge on any atom is -0.449 e. The van der Waals surface area contributed by atoms with Crippen LogP contribution >= 0.6 is 0 Å². The molecule has 1 heterocycles. The number of ether oxygens (including phenoxy) is 1. The van der Waals surface area contributed by atoms with Gasteiger partial charge in [-0.15, -0.1) is 0 Å². The molecular formula is C31H47N5O3. The average molecular weight is 538 g/mol. The molecule has 39 heavy (non-hydrogen) atoms. The largest absolute Gasteiger partial charge is 0.449 e. The predicted molar refractivity (Wildman–Crippen MR) is 157 cm³/mol. The number of benzene rings is 1. The molecule has 2 atom stereocenters. The maximum Gasteiger partial charge on any atom is 0.406 e. The Bertz CT molecular complexity index is 1050. The monoisotopic (exact) mass is 537 g/mol. The van der Waals surface area contributed by atoms with Gasteiger partial charge in [0, 0.05) is 70.4 Å². The topological polar surface area (TPSA) is 85.9 Å². The number of piperazine rings is 1. The van der Waals surface area contributed by atoms with Crippen molar-refractivity contribution < 1.29 is 14.3 Å². The molecule has 1 saturated heterocycles. The van der Waals surface area contributed by atoms with Crippen molar-refractivity contribution in [3.63, 3.8) is 0 Å². The van der Waals surface area contributed by atoms with Gasteiger partial charge in [0.25, 0.3) is 0 Å². The molecule has 8 nitrogen and oxygen atoms in total. The van der Waals surface area contributed by atoms with Crippen LogP contribution in [0.15, 0.2) is 47.6 Å². The molecule has 0 radical (unpaired) electrons. The van der Waals surface area contributed by atoms with Crippen LogP contribution < -0.4 is 16.0 Å². The summed E-state index contributed by atoms with van der Waals surface area (Å²) in [5, 5.41) is 9.64. The van der Waals surface area contributed by atoms with Crippen LogP contribution in [0, 0.1) is 5.92 Å². The van der Waals surface area contributed by atoms with Crippen molar-refractivity contribution in [2.45, 2.75) is 70.5 Å². The normalized spacial score (nSPS) is 25.7. The molecule has 1 saturated carbocycles. The molecule has 1 aromatic rings. The van der Waals surface area contributed by atoms with Crippen molar-refractivity contribution in [1.29, 1.82) is 0 Å². The van der Waals surface area contributed by atoms with Crippen molar-refractivity contribution in [3.05, 3.63) is 53.1 Å². The predicted octanol–water partition coefficient (Wildman–Crippen LogP) is 3.95. The van der Waals surface area contributed by atoms with E-state index >= 15 is 0 Å². The first kappa shape index (κ1) is 29.2. The van der Waals surface area contributed by atoms with Crippen molar-refractivity contribution in [2.24, 2.45) is 5.92 Å². The molecule has 2 amide bonds. The van der Waals surface area contributed by atoms with Crippen molar-refractivity contribution in [3.8, 4) is 0 Å². The Morgan fingerprint density at radius 2 is 2.00 bits per heavy atom. The lowest BCUT2D eigenvalue weighted by Gasteiger charge is -2.36. The van der Waals surface area contributed by atoms with Gasteiger partial charge in [0.1, 0.15) is 0 Å². The summed E-state index contributed by atoms with van der Waals surface area (Å²) in [4.78, 5) is 29.2. The van der Waals surface area contributed by atoms with Gasteiger partial charge in [0.15, 0.2) is 0 Å². The lowest BCUT2D eigenvalue weighted by atomic mass is 9.84. The number of likely N-dealkylation sites (N-methyl/N-ethyl adjacent to an activating group) is 1. The van der Waals surface area contributed by atoms with E-state index in [4.69, 9.17) is 4.74 Å². The number of hydrogen-bond acceptors (Lipinski definition) is 6. The summed E-state index contributed by atoms with van der Waals surface area (Å²) in [5.74, 6) is 0.385. The summed E-state index contributed by atoms with van der Waals surface area (Å²) >= 11 is 0. The third-order valence-electron chi connectivity index (χ3n) is 8.45. The molecule has 3 aliphatic rings. The van der Waals surface area contributed by atoms with Gasteiger partial charge in [-0.2, -0.15) is 0 Å². The maximum atomic E-state index is 13.4. The molecule has 4 rings (SSSR count). The Labute approximate surface area is 234 Å². The van der Waals surface area contributed by atoms with Crippen LogP contribution in [0.2, 0.25) is 0 Å². The van der Waals surface area contributed by atoms with Gasteiger partial charge in [-0.1, -0.05) is 24.3 Å². The number of nitrogens with zero attached hydrogens (tertiary/aromatic N) is 2. The molecule has 0 bridgehead atoms. The van der Waals surface area contributed by atoms with Gasteiger partial charge in [0.2, 0.25) is 5.91 Å². The molecule has 1 aromatic carbocycles. The highest BCUT2D eigenvalue weighted by Crippen LogP contribution is 2.30. The Kier molecular flexibility index (Phi) is 10.5. The third kappa shape index (κ3) is 8.32. The van der Waals surface area contributed by atoms with Crippen LogP contribution in [0.25, 0.3) is 0 Å². The van der Waals surface area contributed by atoms with Gasteiger partial charge < -0.3 is 25.6 Å². The third-order valence-corrected chi connectivity index (χ3v) is 8.45. The lowest BCUT2D eigenvalue weighted by molar-refractivity contribution is -0.136. The molecule has 214 valence electrons. The Balaban J connectivity index is 1.22. The summed E-state index contributed by atoms with van der Waals surface area (Å²) in [6.45, 7) is 9.03. The second-order valence-corrected chi connectivity index (χ2v) is 11.5. The number of rotatable bonds is 9. The van der Waals surface area contributed by atoms with Gasteiger partial charge >= 0.3 is 6.09 Å². The van der Waals surface area contributed by atoms with E-state index in [0.717, 1.165) is 69.5 Å². The van der Waals surface area contributed by atoms with Crippen LogP contribution in [0.4, 0.5) is 10.5 Å². The van der Waals surface area contributed by atoms with Crippen LogP contribution in [0.1, 0.15) is 51.5 Å². The fourth-order valence-electron chi connectivity index (χ4n) is 6.07. The summed E-state index contributed by atoms with van der Waals surface area (Å²) in [7, 11) is 3.54. The fourth-order valence-corrected chi connectivity index (χ4v) is 6.07. The van der Waals surface area contributed by atoms with Gasteiger partial charge in [-0.25, -0.2) is 4.79 Å². The first-order valence-electron chi connectivity index (χ1n) is 14.6. The number of carbonyl (C=O) groups excluding carboxylic acids is 2. The molecule has 2 fully saturated rings. The Morgan fingerprint density at radius 3 is 2.72 bits per heavy atom. The van der Waals surface area contributed by atoms with Crippen LogP contribution in [-0.4, -0.2) is 86.8 Å². The highest BCUT2D eigenvalue weighted by molar-refractivity contribution is 5.79. The number of nitrogens with one attached hydrogen (secondary N) is 3. The molecule has 0 spiro atoms. The summed E-state index contributed by atoms with van der Waals surface area (Å²) in [6, 6.07) is 9.35. The van der Waals surface area contributed by atoms with Crippen molar-refractivity contribution >= 4 is 17.7 Å². The molecule has 1 aliphatic heterocycles. The van der Waals surface area contributed by atoms with Crippen molar-refractivity contribution in [2.75, 3.05) is 52.2 Å². The van der Waals surface area contributed by atoms with Gasteiger partial charge in [-0.05, 0) is 74.8 Å². The molecular weight excluding hydrogens is 490 g/mol. The second-order valence-electron chi connectivity index (χ2n) is 11.5. The molecule has 0 aromatic heterocycles. The Morgan fingerprint density at radius 1 is 1.21 bits per heavy atom. The van der Waals surface area contributed by atoms with Gasteiger partial charge in [-0.3, -0.25) is 9.69 Å². The highest BCUT2D eigenvalue weighted by Gasteiger charge is 2.31. The molecule has 1 unspecified atom stereocenters. The van der Waals surface area contributed by atoms with Crippen LogP contribution in [-0.2, 0) is 16.0 Å². The second kappa shape index (κ2) is 14.0. The molecule has 8 heteroatoms. The van der Waals surface area contributed by atoms with E-state index in [9.17, 15) is 9.59 Å². The number of amides is 2. The summed E-state index contributed by atoms with van der Waals surface area (Å²) in [6.07, 6.45) is 9.64. The minimum absolute atomic E-state index is 0.0997. The summed E-state index contributed by atoms with van der Waals surface area (Å²) < 4.78 is 5.11. The number of alkyl carbamates (subject to hydrolysis) is 1. The van der Waals surface area contributed by atoms with Crippen LogP contribution in [0.3, 0.4) is 0 Å². The average Bonchev–Trinajstić information content (AvgIpc) is 2.94. The first-order chi connectivity index (χ1) is 18.8. The zero-order valence-corrected chi connectivity index (χ0v) is 24.2. The number of carbonyl (C=O) groups is 2. The lowest BCUT2D eigenvalue weighted by Crippen LogP contribution is -2.49. The number of hydrogen-bond donors (Lipinski definition) is 3. The van der Waals surface area contributed by atoms with E-state index in [-0.39, 0.29) is 17.9 Å². The van der Waals surface area contributed by atoms with E-state index < -0.39 is 6.09 Å². The quantitative estimate of drug-likeness (QED) is 0.442. The van der Waals surface area contributed by atoms with E-state index in [1.54, 1.807) is 7.05 Å². The fraction of sp³-hybridized carbons (Fsp3) is 0.613. The highest BCUT2D eigenvalue weighted by atomic mass is 16.5. The van der Waals surface area contributed by atoms with Crippen LogP contribution in [0.5, 0.6) is 0 Å². The SMILES string of the molecule is CNC(=O)OCCc1cccc(NC2CCC(C(=O)N(C)C3C=C(C)C(CN4CCN[C@@H](C)C4)=CC3)CC2)c1. The smallest absolute Gasteiger partial charge is 0.406 e. The Hall–Kier alpha value is -2.84. The van der Waals surface area contributed by atoms with E-state index in [0.29, 0.717) is 25.1 Å². The molecule has 3 N–H and O–H groups in total. The van der Waals surface area contributed by atoms with E-state index in [1.807, 2.05) is 18.0 Å². The standard InChI is InChI=1S/C31H47N5O3/c1-22-18-29(13-10-26(22)21-36-16-15-33-23(2)20-36)35(4)30(37)25-8-11-27(12-9-25)34-28-7-5-6-24(19-28)14-17-39-31(38)32-3/h5-7,10,18-19,23,25,27,29,33-34H,8-9,11-17,20-21H2,1-4H3,(H,32,38)/t23-,25?,27?,29?/m0/s1.